The van der Waals surface area contributed by atoms with E-state index in [-0.39, 0.29) is 0 Å². The van der Waals surface area contributed by atoms with Crippen LogP contribution < -0.4 is 16.4 Å². The maximum atomic E-state index is 11.4. The Bertz CT molecular complexity index is 448. The van der Waals surface area contributed by atoms with Gasteiger partial charge in [0.2, 0.25) is 0 Å². The predicted molar refractivity (Wildman–Crippen MR) is 75.2 cm³/mol. The number of amides is 1. The van der Waals surface area contributed by atoms with Crippen LogP contribution in [0.25, 0.3) is 0 Å². The Morgan fingerprint density at radius 1 is 1.63 bits per heavy atom. The summed E-state index contributed by atoms with van der Waals surface area (Å²) in [5, 5.41) is 11.0. The highest BCUT2D eigenvalue weighted by atomic mass is 16.1. The largest absolute Gasteiger partial charge is 0.370 e. The molecule has 6 heteroatoms. The van der Waals surface area contributed by atoms with Gasteiger partial charge in [-0.2, -0.15) is 5.10 Å². The fraction of sp³-hybridized carbons (Fsp3) is 0.692. The maximum Gasteiger partial charge on any atom is 0.254 e. The molecule has 0 aromatic carbocycles. The summed E-state index contributed by atoms with van der Waals surface area (Å²) in [5.74, 6) is 1.02. The van der Waals surface area contributed by atoms with Crippen molar-refractivity contribution in [3.05, 3.63) is 11.3 Å². The molecular formula is C13H23N5O. The third-order valence-corrected chi connectivity index (χ3v) is 3.71. The highest BCUT2D eigenvalue weighted by Crippen LogP contribution is 2.19. The second-order valence-electron chi connectivity index (χ2n) is 5.22. The van der Waals surface area contributed by atoms with Crippen LogP contribution in [0.5, 0.6) is 0 Å². The van der Waals surface area contributed by atoms with Gasteiger partial charge in [0.05, 0.1) is 5.69 Å². The summed E-state index contributed by atoms with van der Waals surface area (Å²) in [5.41, 5.74) is 6.58. The molecule has 1 aliphatic rings. The zero-order valence-electron chi connectivity index (χ0n) is 11.7. The molecule has 1 aliphatic heterocycles. The third kappa shape index (κ3) is 3.26. The first kappa shape index (κ1) is 13.9. The number of primary amides is 1. The van der Waals surface area contributed by atoms with E-state index in [4.69, 9.17) is 5.73 Å². The smallest absolute Gasteiger partial charge is 0.254 e. The molecule has 2 heterocycles. The van der Waals surface area contributed by atoms with Crippen molar-refractivity contribution in [1.29, 1.82) is 0 Å². The van der Waals surface area contributed by atoms with Crippen molar-refractivity contribution >= 4 is 11.7 Å². The number of carbonyl (C=O) groups excluding carboxylic acids is 1. The number of aryl methyl sites for hydroxylation is 2. The van der Waals surface area contributed by atoms with Gasteiger partial charge in [0, 0.05) is 13.6 Å². The molecule has 0 radical (unpaired) electrons. The van der Waals surface area contributed by atoms with E-state index in [9.17, 15) is 4.79 Å². The Labute approximate surface area is 113 Å². The van der Waals surface area contributed by atoms with E-state index in [1.807, 2.05) is 7.05 Å². The van der Waals surface area contributed by atoms with Crippen molar-refractivity contribution in [3.63, 3.8) is 0 Å². The molecule has 1 unspecified atom stereocenters. The Morgan fingerprint density at radius 2 is 2.42 bits per heavy atom. The number of nitrogens with one attached hydrogen (secondary N) is 2. The number of aromatic nitrogens is 2. The normalized spacial score (nSPS) is 19.4. The quantitative estimate of drug-likeness (QED) is 0.729. The number of anilines is 1. The minimum absolute atomic E-state index is 0.424. The maximum absolute atomic E-state index is 11.4. The fourth-order valence-electron chi connectivity index (χ4n) is 2.72. The molecule has 0 aliphatic carbocycles. The summed E-state index contributed by atoms with van der Waals surface area (Å²) in [7, 11) is 1.82. The van der Waals surface area contributed by atoms with Crippen molar-refractivity contribution in [2.24, 2.45) is 18.7 Å². The lowest BCUT2D eigenvalue weighted by Gasteiger charge is -2.22. The van der Waals surface area contributed by atoms with Crippen molar-refractivity contribution in [1.82, 2.24) is 15.1 Å². The highest BCUT2D eigenvalue weighted by molar-refractivity contribution is 5.98. The van der Waals surface area contributed by atoms with E-state index in [1.165, 1.54) is 12.8 Å². The van der Waals surface area contributed by atoms with E-state index in [1.54, 1.807) is 11.6 Å². The predicted octanol–water partition coefficient (Wildman–Crippen LogP) is 0.629. The van der Waals surface area contributed by atoms with E-state index in [0.29, 0.717) is 17.2 Å². The van der Waals surface area contributed by atoms with Crippen LogP contribution >= 0.6 is 0 Å². The molecule has 6 nitrogen and oxygen atoms in total. The van der Waals surface area contributed by atoms with Crippen molar-refractivity contribution in [2.45, 2.75) is 26.2 Å². The van der Waals surface area contributed by atoms with Crippen LogP contribution in [0.15, 0.2) is 0 Å². The first-order valence-electron chi connectivity index (χ1n) is 6.87. The van der Waals surface area contributed by atoms with E-state index >= 15 is 0 Å². The number of rotatable bonds is 5. The second kappa shape index (κ2) is 6.06. The molecule has 1 amide bonds. The Hall–Kier alpha value is -1.56. The number of hydrogen-bond donors (Lipinski definition) is 3. The average Bonchev–Trinajstić information content (AvgIpc) is 2.65. The lowest BCUT2D eigenvalue weighted by Crippen LogP contribution is -2.31. The molecule has 0 spiro atoms. The molecule has 0 saturated carbocycles. The van der Waals surface area contributed by atoms with E-state index in [0.717, 1.165) is 31.9 Å². The van der Waals surface area contributed by atoms with Gasteiger partial charge in [0.15, 0.2) is 0 Å². The van der Waals surface area contributed by atoms with Crippen molar-refractivity contribution < 1.29 is 4.79 Å². The van der Waals surface area contributed by atoms with Crippen LogP contribution in [-0.2, 0) is 7.05 Å². The summed E-state index contributed by atoms with van der Waals surface area (Å²) < 4.78 is 1.69. The fourth-order valence-corrected chi connectivity index (χ4v) is 2.72. The van der Waals surface area contributed by atoms with Gasteiger partial charge in [0.25, 0.3) is 5.91 Å². The summed E-state index contributed by atoms with van der Waals surface area (Å²) in [6, 6.07) is 0. The first-order chi connectivity index (χ1) is 9.09. The number of piperidine rings is 1. The van der Waals surface area contributed by atoms with Gasteiger partial charge < -0.3 is 16.4 Å². The van der Waals surface area contributed by atoms with Gasteiger partial charge in [-0.15, -0.1) is 0 Å². The third-order valence-electron chi connectivity index (χ3n) is 3.71. The summed E-state index contributed by atoms with van der Waals surface area (Å²) in [6.07, 6.45) is 3.62. The average molecular weight is 265 g/mol. The van der Waals surface area contributed by atoms with Crippen molar-refractivity contribution in [3.8, 4) is 0 Å². The Morgan fingerprint density at radius 3 is 3.05 bits per heavy atom. The van der Waals surface area contributed by atoms with Gasteiger partial charge >= 0.3 is 0 Å². The molecule has 19 heavy (non-hydrogen) atoms. The number of nitrogens with zero attached hydrogens (tertiary/aromatic N) is 2. The Balaban J connectivity index is 1.93. The number of hydrogen-bond acceptors (Lipinski definition) is 4. The van der Waals surface area contributed by atoms with Crippen LogP contribution in [0, 0.1) is 12.8 Å². The van der Waals surface area contributed by atoms with Crippen molar-refractivity contribution in [2.75, 3.05) is 25.0 Å². The molecule has 1 fully saturated rings. The van der Waals surface area contributed by atoms with Gasteiger partial charge in [0.1, 0.15) is 11.4 Å². The zero-order valence-corrected chi connectivity index (χ0v) is 11.7. The van der Waals surface area contributed by atoms with Crippen LogP contribution in [0.3, 0.4) is 0 Å². The highest BCUT2D eigenvalue weighted by Gasteiger charge is 2.18. The van der Waals surface area contributed by atoms with Crippen LogP contribution in [0.4, 0.5) is 5.82 Å². The molecule has 1 aromatic heterocycles. The van der Waals surface area contributed by atoms with E-state index in [2.05, 4.69) is 15.7 Å². The number of carbonyl (C=O) groups is 1. The van der Waals surface area contributed by atoms with E-state index < -0.39 is 5.91 Å². The standard InChI is InChI=1S/C13H23N5O/c1-9-11(12(14)19)13(18(2)17-9)16-7-5-10-4-3-6-15-8-10/h10,15-16H,3-8H2,1-2H3,(H2,14,19). The van der Waals surface area contributed by atoms with Gasteiger partial charge in [-0.1, -0.05) is 0 Å². The molecular weight excluding hydrogens is 242 g/mol. The van der Waals surface area contributed by atoms with Crippen LogP contribution in [0.2, 0.25) is 0 Å². The zero-order chi connectivity index (χ0) is 13.8. The minimum atomic E-state index is -0.424. The number of nitrogens with two attached hydrogens (primary N) is 1. The topological polar surface area (TPSA) is 85.0 Å². The molecule has 106 valence electrons. The lowest BCUT2D eigenvalue weighted by atomic mass is 9.96. The summed E-state index contributed by atoms with van der Waals surface area (Å²) >= 11 is 0. The van der Waals surface area contributed by atoms with Crippen LogP contribution in [0.1, 0.15) is 35.3 Å². The molecule has 1 aromatic rings. The van der Waals surface area contributed by atoms with Gasteiger partial charge in [-0.05, 0) is 45.2 Å². The summed E-state index contributed by atoms with van der Waals surface area (Å²) in [4.78, 5) is 11.4. The summed E-state index contributed by atoms with van der Waals surface area (Å²) in [6.45, 7) is 4.87. The second-order valence-corrected chi connectivity index (χ2v) is 5.22. The molecule has 1 atom stereocenters. The molecule has 1 saturated heterocycles. The van der Waals surface area contributed by atoms with Gasteiger partial charge in [-0.25, -0.2) is 0 Å². The minimum Gasteiger partial charge on any atom is -0.370 e. The monoisotopic (exact) mass is 265 g/mol. The molecule has 4 N–H and O–H groups in total. The Kier molecular flexibility index (Phi) is 4.42. The SMILES string of the molecule is Cc1nn(C)c(NCCC2CCCNC2)c1C(N)=O. The molecule has 0 bridgehead atoms. The molecule has 2 rings (SSSR count). The van der Waals surface area contributed by atoms with Gasteiger partial charge in [-0.3, -0.25) is 9.48 Å². The first-order valence-corrected chi connectivity index (χ1v) is 6.87. The lowest BCUT2D eigenvalue weighted by molar-refractivity contribution is 0.100. The van der Waals surface area contributed by atoms with Crippen LogP contribution in [-0.4, -0.2) is 35.3 Å².